The van der Waals surface area contributed by atoms with Crippen LogP contribution in [0.15, 0.2) is 29.2 Å². The van der Waals surface area contributed by atoms with Gasteiger partial charge in [-0.2, -0.15) is 8.78 Å². The third-order valence-corrected chi connectivity index (χ3v) is 2.64. The summed E-state index contributed by atoms with van der Waals surface area (Å²) in [6.07, 6.45) is -0.381. The largest absolute Gasteiger partial charge is 0.392 e. The Bertz CT molecular complexity index is 303. The van der Waals surface area contributed by atoms with Gasteiger partial charge in [0.2, 0.25) is 0 Å². The zero-order valence-corrected chi connectivity index (χ0v) is 9.81. The van der Waals surface area contributed by atoms with Crippen molar-refractivity contribution >= 4 is 11.8 Å². The van der Waals surface area contributed by atoms with Gasteiger partial charge in [-0.3, -0.25) is 0 Å². The van der Waals surface area contributed by atoms with E-state index in [4.69, 9.17) is 5.11 Å². The molecule has 0 amide bonds. The zero-order valence-electron chi connectivity index (χ0n) is 8.99. The van der Waals surface area contributed by atoms with Crippen LogP contribution in [0.4, 0.5) is 8.78 Å². The maximum Gasteiger partial charge on any atom is 0.288 e. The van der Waals surface area contributed by atoms with Crippen LogP contribution in [0.2, 0.25) is 0 Å². The molecule has 0 aliphatic carbocycles. The fourth-order valence-corrected chi connectivity index (χ4v) is 1.71. The van der Waals surface area contributed by atoms with Crippen LogP contribution in [0.25, 0.3) is 0 Å². The Morgan fingerprint density at radius 1 is 1.31 bits per heavy atom. The van der Waals surface area contributed by atoms with Gasteiger partial charge in [0.25, 0.3) is 5.76 Å². The summed E-state index contributed by atoms with van der Waals surface area (Å²) in [6.45, 7) is 2.85. The van der Waals surface area contributed by atoms with E-state index < -0.39 is 5.76 Å². The summed E-state index contributed by atoms with van der Waals surface area (Å²) in [5, 5.41) is 12.1. The molecule has 0 bridgehead atoms. The predicted octanol–water partition coefficient (Wildman–Crippen LogP) is 2.47. The van der Waals surface area contributed by atoms with Crippen LogP contribution in [0.3, 0.4) is 0 Å². The Morgan fingerprint density at radius 3 is 2.44 bits per heavy atom. The first-order chi connectivity index (χ1) is 7.58. The monoisotopic (exact) mass is 247 g/mol. The van der Waals surface area contributed by atoms with Crippen molar-refractivity contribution < 1.29 is 13.9 Å². The highest BCUT2D eigenvalue weighted by Crippen LogP contribution is 2.24. The standard InChI is InChI=1S/C11H15F2NOS/c1-8(15)6-14-7-9-2-4-10(5-3-9)16-11(12)13/h2-5,8,11,14-15H,6-7H2,1H3/t8-/m1/s1. The van der Waals surface area contributed by atoms with Crippen LogP contribution in [0.5, 0.6) is 0 Å². The van der Waals surface area contributed by atoms with Gasteiger partial charge >= 0.3 is 0 Å². The van der Waals surface area contributed by atoms with E-state index in [0.29, 0.717) is 29.7 Å². The average molecular weight is 247 g/mol. The number of nitrogens with one attached hydrogen (secondary N) is 1. The van der Waals surface area contributed by atoms with Crippen molar-refractivity contribution in [3.8, 4) is 0 Å². The van der Waals surface area contributed by atoms with Gasteiger partial charge in [0, 0.05) is 18.0 Å². The Morgan fingerprint density at radius 2 is 1.94 bits per heavy atom. The van der Waals surface area contributed by atoms with E-state index in [1.165, 1.54) is 0 Å². The molecule has 1 aromatic rings. The molecule has 0 aliphatic heterocycles. The molecule has 0 fully saturated rings. The maximum absolute atomic E-state index is 12.0. The number of rotatable bonds is 6. The highest BCUT2D eigenvalue weighted by atomic mass is 32.2. The number of aliphatic hydroxyl groups is 1. The van der Waals surface area contributed by atoms with Crippen molar-refractivity contribution in [1.29, 1.82) is 0 Å². The SMILES string of the molecule is C[C@@H](O)CNCc1ccc(SC(F)F)cc1. The molecule has 0 saturated carbocycles. The van der Waals surface area contributed by atoms with Crippen LogP contribution in [-0.4, -0.2) is 23.5 Å². The van der Waals surface area contributed by atoms with Crippen molar-refractivity contribution in [2.24, 2.45) is 0 Å². The van der Waals surface area contributed by atoms with Gasteiger partial charge in [0.1, 0.15) is 0 Å². The van der Waals surface area contributed by atoms with Crippen molar-refractivity contribution in [2.45, 2.75) is 30.2 Å². The number of benzene rings is 1. The fraction of sp³-hybridized carbons (Fsp3) is 0.455. The molecule has 1 rings (SSSR count). The van der Waals surface area contributed by atoms with Crippen molar-refractivity contribution in [3.05, 3.63) is 29.8 Å². The third-order valence-electron chi connectivity index (χ3n) is 1.92. The second-order valence-corrected chi connectivity index (χ2v) is 4.57. The van der Waals surface area contributed by atoms with Gasteiger partial charge < -0.3 is 10.4 Å². The molecule has 0 radical (unpaired) electrons. The van der Waals surface area contributed by atoms with E-state index in [1.54, 1.807) is 31.2 Å². The van der Waals surface area contributed by atoms with Crippen molar-refractivity contribution in [3.63, 3.8) is 0 Å². The van der Waals surface area contributed by atoms with Crippen LogP contribution in [0, 0.1) is 0 Å². The lowest BCUT2D eigenvalue weighted by atomic mass is 10.2. The first kappa shape index (κ1) is 13.4. The lowest BCUT2D eigenvalue weighted by molar-refractivity contribution is 0.191. The third kappa shape index (κ3) is 5.44. The molecule has 0 unspecified atom stereocenters. The van der Waals surface area contributed by atoms with Gasteiger partial charge in [0.15, 0.2) is 0 Å². The number of hydrogen-bond donors (Lipinski definition) is 2. The van der Waals surface area contributed by atoms with Crippen LogP contribution in [0.1, 0.15) is 12.5 Å². The molecule has 1 aromatic carbocycles. The van der Waals surface area contributed by atoms with Crippen LogP contribution in [-0.2, 0) is 6.54 Å². The van der Waals surface area contributed by atoms with E-state index >= 15 is 0 Å². The summed E-state index contributed by atoms with van der Waals surface area (Å²) in [4.78, 5) is 0.564. The summed E-state index contributed by atoms with van der Waals surface area (Å²) in [5.74, 6) is -2.38. The summed E-state index contributed by atoms with van der Waals surface area (Å²) >= 11 is 0.542. The molecule has 16 heavy (non-hydrogen) atoms. The maximum atomic E-state index is 12.0. The summed E-state index contributed by atoms with van der Waals surface area (Å²) in [5.41, 5.74) is 1.01. The molecule has 0 aromatic heterocycles. The van der Waals surface area contributed by atoms with E-state index in [1.807, 2.05) is 0 Å². The van der Waals surface area contributed by atoms with Crippen LogP contribution < -0.4 is 5.32 Å². The first-order valence-corrected chi connectivity index (χ1v) is 5.88. The molecule has 0 saturated heterocycles. The second-order valence-electron chi connectivity index (χ2n) is 3.50. The normalized spacial score (nSPS) is 13.1. The predicted molar refractivity (Wildman–Crippen MR) is 61.7 cm³/mol. The van der Waals surface area contributed by atoms with Crippen molar-refractivity contribution in [2.75, 3.05) is 6.54 Å². The Labute approximate surface area is 98.1 Å². The number of hydrogen-bond acceptors (Lipinski definition) is 3. The quantitative estimate of drug-likeness (QED) is 0.757. The number of aliphatic hydroxyl groups excluding tert-OH is 1. The van der Waals surface area contributed by atoms with Gasteiger partial charge in [-0.15, -0.1) is 0 Å². The number of halogens is 2. The average Bonchev–Trinajstić information content (AvgIpc) is 2.19. The molecule has 0 aliphatic rings. The van der Waals surface area contributed by atoms with E-state index in [9.17, 15) is 8.78 Å². The van der Waals surface area contributed by atoms with Gasteiger partial charge in [-0.05, 0) is 24.6 Å². The minimum atomic E-state index is -2.38. The minimum Gasteiger partial charge on any atom is -0.392 e. The van der Waals surface area contributed by atoms with E-state index in [2.05, 4.69) is 5.32 Å². The molecule has 2 nitrogen and oxygen atoms in total. The summed E-state index contributed by atoms with van der Waals surface area (Å²) in [7, 11) is 0. The van der Waals surface area contributed by atoms with Gasteiger partial charge in [0.05, 0.1) is 6.10 Å². The van der Waals surface area contributed by atoms with Gasteiger partial charge in [-0.1, -0.05) is 23.9 Å². The molecule has 0 spiro atoms. The molecule has 2 N–H and O–H groups in total. The lowest BCUT2D eigenvalue weighted by Gasteiger charge is -2.07. The smallest absolute Gasteiger partial charge is 0.288 e. The molecular weight excluding hydrogens is 232 g/mol. The van der Waals surface area contributed by atoms with Crippen molar-refractivity contribution in [1.82, 2.24) is 5.32 Å². The Kier molecular flexibility index (Phi) is 5.73. The van der Waals surface area contributed by atoms with E-state index in [0.717, 1.165) is 5.56 Å². The second kappa shape index (κ2) is 6.83. The highest BCUT2D eigenvalue weighted by Gasteiger charge is 2.04. The Hall–Kier alpha value is -0.650. The number of alkyl halides is 2. The number of thioether (sulfide) groups is 1. The minimum absolute atomic E-state index is 0.381. The molecule has 5 heteroatoms. The zero-order chi connectivity index (χ0) is 12.0. The first-order valence-electron chi connectivity index (χ1n) is 5.00. The summed E-state index contributed by atoms with van der Waals surface area (Å²) in [6, 6.07) is 6.96. The van der Waals surface area contributed by atoms with Crippen LogP contribution >= 0.6 is 11.8 Å². The fourth-order valence-electron chi connectivity index (χ4n) is 1.21. The molecule has 1 atom stereocenters. The molecule has 0 heterocycles. The molecular formula is C11H15F2NOS. The molecule has 90 valence electrons. The van der Waals surface area contributed by atoms with E-state index in [-0.39, 0.29) is 6.10 Å². The topological polar surface area (TPSA) is 32.3 Å². The van der Waals surface area contributed by atoms with Gasteiger partial charge in [-0.25, -0.2) is 0 Å². The lowest BCUT2D eigenvalue weighted by Crippen LogP contribution is -2.23. The summed E-state index contributed by atoms with van der Waals surface area (Å²) < 4.78 is 24.1. The Balaban J connectivity index is 2.39. The highest BCUT2D eigenvalue weighted by molar-refractivity contribution is 7.99.